The molecule has 0 N–H and O–H groups in total. The molecule has 4 nitrogen and oxygen atoms in total. The maximum Gasteiger partial charge on any atom is 0.216 e. The molecule has 0 aromatic heterocycles. The molecular weight excluding hydrogens is 336 g/mol. The molecule has 0 radical (unpaired) electrons. The minimum absolute atomic E-state index is 0.0221. The van der Waals surface area contributed by atoms with Crippen LogP contribution in [0.1, 0.15) is 19.4 Å². The summed E-state index contributed by atoms with van der Waals surface area (Å²) in [6.45, 7) is 3.57. The van der Waals surface area contributed by atoms with Gasteiger partial charge >= 0.3 is 0 Å². The Hall–Kier alpha value is -2.40. The van der Waals surface area contributed by atoms with Crippen molar-refractivity contribution in [2.75, 3.05) is 14.2 Å². The zero-order chi connectivity index (χ0) is 18.0. The number of ether oxygens (including phenoxy) is 3. The predicted octanol–water partition coefficient (Wildman–Crippen LogP) is 4.54. The molecule has 130 valence electrons. The van der Waals surface area contributed by atoms with Gasteiger partial charge in [0.2, 0.25) is 5.78 Å². The summed E-state index contributed by atoms with van der Waals surface area (Å²) in [5.41, 5.74) is -0.102. The Morgan fingerprint density at radius 3 is 2.28 bits per heavy atom. The summed E-state index contributed by atoms with van der Waals surface area (Å²) in [5.74, 6) is 1.78. The van der Waals surface area contributed by atoms with Gasteiger partial charge in [0, 0.05) is 10.5 Å². The Balaban J connectivity index is 2.07. The van der Waals surface area contributed by atoms with Crippen molar-refractivity contribution in [2.24, 2.45) is 0 Å². The number of carbonyl (C=O) groups is 1. The number of Topliss-reactive ketones (excluding diaryl/α,β-unsaturated/α-hetero) is 1. The molecule has 0 saturated heterocycles. The molecule has 0 amide bonds. The molecule has 3 rings (SSSR count). The summed E-state index contributed by atoms with van der Waals surface area (Å²) in [6.07, 6.45) is 0. The van der Waals surface area contributed by atoms with Crippen LogP contribution in [0.15, 0.2) is 58.3 Å². The van der Waals surface area contributed by atoms with Crippen molar-refractivity contribution in [3.8, 4) is 11.5 Å². The minimum Gasteiger partial charge on any atom is -0.493 e. The molecule has 5 heteroatoms. The first kappa shape index (κ1) is 17.4. The van der Waals surface area contributed by atoms with E-state index in [0.717, 1.165) is 10.5 Å². The third-order valence-corrected chi connectivity index (χ3v) is 5.01. The van der Waals surface area contributed by atoms with Crippen LogP contribution in [0.5, 0.6) is 11.5 Å². The second-order valence-corrected chi connectivity index (χ2v) is 7.17. The average molecular weight is 356 g/mol. The van der Waals surface area contributed by atoms with E-state index in [9.17, 15) is 4.79 Å². The lowest BCUT2D eigenvalue weighted by atomic mass is 10.1. The SMILES string of the molecule is COc1ccc(C2=C(Sc3ccccc3)C(=O)C(C)(C)O2)cc1OC. The molecule has 0 bridgehead atoms. The van der Waals surface area contributed by atoms with Gasteiger partial charge in [0.1, 0.15) is 10.7 Å². The van der Waals surface area contributed by atoms with E-state index < -0.39 is 5.60 Å². The Labute approximate surface area is 151 Å². The third kappa shape index (κ3) is 3.37. The van der Waals surface area contributed by atoms with Gasteiger partial charge in [-0.05, 0) is 44.2 Å². The Kier molecular flexibility index (Phi) is 4.77. The van der Waals surface area contributed by atoms with E-state index >= 15 is 0 Å². The molecule has 1 aliphatic rings. The number of benzene rings is 2. The topological polar surface area (TPSA) is 44.8 Å². The zero-order valence-corrected chi connectivity index (χ0v) is 15.5. The van der Waals surface area contributed by atoms with Gasteiger partial charge in [0.25, 0.3) is 0 Å². The second kappa shape index (κ2) is 6.84. The van der Waals surface area contributed by atoms with Crippen molar-refractivity contribution < 1.29 is 19.0 Å². The van der Waals surface area contributed by atoms with E-state index in [-0.39, 0.29) is 5.78 Å². The van der Waals surface area contributed by atoms with Crippen LogP contribution in [-0.4, -0.2) is 25.6 Å². The fraction of sp³-hybridized carbons (Fsp3) is 0.250. The number of rotatable bonds is 5. The molecule has 0 spiro atoms. The van der Waals surface area contributed by atoms with Gasteiger partial charge in [0.15, 0.2) is 17.1 Å². The Bertz CT molecular complexity index is 825. The van der Waals surface area contributed by atoms with Gasteiger partial charge in [0.05, 0.1) is 14.2 Å². The van der Waals surface area contributed by atoms with Crippen LogP contribution in [0, 0.1) is 0 Å². The Morgan fingerprint density at radius 1 is 0.960 bits per heavy atom. The number of hydrogen-bond acceptors (Lipinski definition) is 5. The quantitative estimate of drug-likeness (QED) is 0.787. The summed E-state index contributed by atoms with van der Waals surface area (Å²) in [6, 6.07) is 15.3. The summed E-state index contributed by atoms with van der Waals surface area (Å²) in [5, 5.41) is 0. The molecule has 0 unspecified atom stereocenters. The monoisotopic (exact) mass is 356 g/mol. The molecule has 1 aliphatic heterocycles. The van der Waals surface area contributed by atoms with Gasteiger partial charge in [-0.3, -0.25) is 4.79 Å². The van der Waals surface area contributed by atoms with Gasteiger partial charge in [-0.1, -0.05) is 30.0 Å². The highest BCUT2D eigenvalue weighted by molar-refractivity contribution is 8.04. The minimum atomic E-state index is -0.889. The highest BCUT2D eigenvalue weighted by Crippen LogP contribution is 2.45. The number of thioether (sulfide) groups is 1. The second-order valence-electron chi connectivity index (χ2n) is 6.08. The van der Waals surface area contributed by atoms with Crippen LogP contribution in [0.4, 0.5) is 0 Å². The molecule has 2 aromatic carbocycles. The highest BCUT2D eigenvalue weighted by atomic mass is 32.2. The molecular formula is C20H20O4S. The van der Waals surface area contributed by atoms with Crippen LogP contribution in [0.25, 0.3) is 5.76 Å². The molecule has 0 fully saturated rings. The molecule has 2 aromatic rings. The fourth-order valence-electron chi connectivity index (χ4n) is 2.59. The van der Waals surface area contributed by atoms with Gasteiger partial charge < -0.3 is 14.2 Å². The van der Waals surface area contributed by atoms with E-state index in [4.69, 9.17) is 14.2 Å². The predicted molar refractivity (Wildman–Crippen MR) is 98.9 cm³/mol. The maximum absolute atomic E-state index is 12.8. The van der Waals surface area contributed by atoms with Crippen molar-refractivity contribution >= 4 is 23.3 Å². The summed E-state index contributed by atoms with van der Waals surface area (Å²) in [4.78, 5) is 14.4. The van der Waals surface area contributed by atoms with Crippen LogP contribution in [0.2, 0.25) is 0 Å². The average Bonchev–Trinajstić information content (AvgIpc) is 2.85. The van der Waals surface area contributed by atoms with E-state index in [1.54, 1.807) is 28.1 Å². The lowest BCUT2D eigenvalue weighted by Gasteiger charge is -2.18. The van der Waals surface area contributed by atoms with Gasteiger partial charge in [-0.2, -0.15) is 0 Å². The fourth-order valence-corrected chi connectivity index (χ4v) is 3.71. The molecule has 0 atom stereocenters. The number of hydrogen-bond donors (Lipinski definition) is 0. The summed E-state index contributed by atoms with van der Waals surface area (Å²) in [7, 11) is 3.17. The third-order valence-electron chi connectivity index (χ3n) is 3.93. The first-order valence-corrected chi connectivity index (χ1v) is 8.71. The van der Waals surface area contributed by atoms with Crippen molar-refractivity contribution in [3.05, 3.63) is 59.0 Å². The molecule has 0 saturated carbocycles. The van der Waals surface area contributed by atoms with Crippen molar-refractivity contribution in [3.63, 3.8) is 0 Å². The maximum atomic E-state index is 12.8. The summed E-state index contributed by atoms with van der Waals surface area (Å²) >= 11 is 1.42. The van der Waals surface area contributed by atoms with Crippen molar-refractivity contribution in [2.45, 2.75) is 24.3 Å². The van der Waals surface area contributed by atoms with Crippen LogP contribution < -0.4 is 9.47 Å². The van der Waals surface area contributed by atoms with Crippen LogP contribution >= 0.6 is 11.8 Å². The number of ketones is 1. The first-order chi connectivity index (χ1) is 12.0. The summed E-state index contributed by atoms with van der Waals surface area (Å²) < 4.78 is 16.7. The molecule has 25 heavy (non-hydrogen) atoms. The van der Waals surface area contributed by atoms with Crippen molar-refractivity contribution in [1.82, 2.24) is 0 Å². The van der Waals surface area contributed by atoms with Crippen LogP contribution in [-0.2, 0) is 9.53 Å². The van der Waals surface area contributed by atoms with Gasteiger partial charge in [-0.15, -0.1) is 0 Å². The van der Waals surface area contributed by atoms with E-state index in [1.165, 1.54) is 11.8 Å². The largest absolute Gasteiger partial charge is 0.493 e. The zero-order valence-electron chi connectivity index (χ0n) is 14.7. The lowest BCUT2D eigenvalue weighted by molar-refractivity contribution is -0.126. The highest BCUT2D eigenvalue weighted by Gasteiger charge is 2.42. The lowest BCUT2D eigenvalue weighted by Crippen LogP contribution is -2.29. The van der Waals surface area contributed by atoms with E-state index in [2.05, 4.69) is 0 Å². The van der Waals surface area contributed by atoms with E-state index in [0.29, 0.717) is 22.2 Å². The normalized spacial score (nSPS) is 15.9. The number of methoxy groups -OCH3 is 2. The standard InChI is InChI=1S/C20H20O4S/c1-20(2)19(21)18(25-14-8-6-5-7-9-14)17(24-20)13-10-11-15(22-3)16(12-13)23-4/h5-12H,1-4H3. The van der Waals surface area contributed by atoms with Crippen molar-refractivity contribution in [1.29, 1.82) is 0 Å². The van der Waals surface area contributed by atoms with Crippen LogP contribution in [0.3, 0.4) is 0 Å². The van der Waals surface area contributed by atoms with E-state index in [1.807, 2.05) is 48.5 Å². The first-order valence-electron chi connectivity index (χ1n) is 7.89. The van der Waals surface area contributed by atoms with Gasteiger partial charge in [-0.25, -0.2) is 0 Å². The molecule has 1 heterocycles. The Morgan fingerprint density at radius 2 is 1.64 bits per heavy atom. The number of carbonyl (C=O) groups excluding carboxylic acids is 1. The smallest absolute Gasteiger partial charge is 0.216 e. The molecule has 0 aliphatic carbocycles.